The molecule has 9 heteroatoms. The van der Waals surface area contributed by atoms with Gasteiger partial charge in [0.25, 0.3) is 5.91 Å². The molecule has 0 radical (unpaired) electrons. The number of rotatable bonds is 11. The zero-order valence-corrected chi connectivity index (χ0v) is 18.1. The van der Waals surface area contributed by atoms with Crippen LogP contribution >= 0.6 is 0 Å². The van der Waals surface area contributed by atoms with Crippen LogP contribution in [0, 0.1) is 0 Å². The molecule has 168 valence electrons. The average Bonchev–Trinajstić information content (AvgIpc) is 3.34. The Morgan fingerprint density at radius 2 is 1.81 bits per heavy atom. The van der Waals surface area contributed by atoms with E-state index in [0.717, 1.165) is 15.4 Å². The lowest BCUT2D eigenvalue weighted by Gasteiger charge is -2.21. The molecule has 1 aromatic heterocycles. The van der Waals surface area contributed by atoms with Gasteiger partial charge < -0.3 is 9.15 Å². The van der Waals surface area contributed by atoms with Crippen LogP contribution in [0.1, 0.15) is 12.0 Å². The first kappa shape index (κ1) is 23.3. The van der Waals surface area contributed by atoms with Gasteiger partial charge in [-0.05, 0) is 47.9 Å². The average molecular weight is 457 g/mol. The van der Waals surface area contributed by atoms with Gasteiger partial charge in [0.15, 0.2) is 0 Å². The van der Waals surface area contributed by atoms with E-state index < -0.39 is 22.5 Å². The highest BCUT2D eigenvalue weighted by atomic mass is 32.2. The largest absolute Gasteiger partial charge is 0.493 e. The van der Waals surface area contributed by atoms with Crippen LogP contribution in [0.25, 0.3) is 11.1 Å². The zero-order chi connectivity index (χ0) is 23.0. The van der Waals surface area contributed by atoms with Crippen molar-refractivity contribution in [3.63, 3.8) is 0 Å². The van der Waals surface area contributed by atoms with Crippen LogP contribution in [0.3, 0.4) is 0 Å². The Morgan fingerprint density at radius 3 is 2.41 bits per heavy atom. The lowest BCUT2D eigenvalue weighted by atomic mass is 10.1. The van der Waals surface area contributed by atoms with Gasteiger partial charge >= 0.3 is 0 Å². The topological polar surface area (TPSA) is 109 Å². The molecule has 0 fully saturated rings. The van der Waals surface area contributed by atoms with E-state index in [9.17, 15) is 13.2 Å². The molecule has 0 saturated heterocycles. The Morgan fingerprint density at radius 1 is 1.09 bits per heavy atom. The van der Waals surface area contributed by atoms with Crippen molar-refractivity contribution in [2.24, 2.45) is 0 Å². The van der Waals surface area contributed by atoms with Crippen molar-refractivity contribution in [2.75, 3.05) is 13.2 Å². The van der Waals surface area contributed by atoms with Crippen LogP contribution in [-0.2, 0) is 21.4 Å². The summed E-state index contributed by atoms with van der Waals surface area (Å²) in [5, 5.41) is 8.91. The van der Waals surface area contributed by atoms with E-state index in [-0.39, 0.29) is 11.4 Å². The van der Waals surface area contributed by atoms with Crippen LogP contribution in [0.5, 0.6) is 5.75 Å². The molecule has 0 bridgehead atoms. The molecule has 3 aromatic rings. The summed E-state index contributed by atoms with van der Waals surface area (Å²) in [5.41, 5.74) is 3.98. The molecule has 2 aromatic carbocycles. The minimum Gasteiger partial charge on any atom is -0.493 e. The maximum Gasteiger partial charge on any atom is 0.258 e. The number of hydrogen-bond acceptors (Lipinski definition) is 6. The smallest absolute Gasteiger partial charge is 0.258 e. The highest BCUT2D eigenvalue weighted by Crippen LogP contribution is 2.24. The van der Waals surface area contributed by atoms with Crippen LogP contribution in [0.4, 0.5) is 0 Å². The molecule has 0 spiro atoms. The second kappa shape index (κ2) is 10.8. The van der Waals surface area contributed by atoms with Gasteiger partial charge in [-0.25, -0.2) is 13.9 Å². The van der Waals surface area contributed by atoms with Gasteiger partial charge in [-0.3, -0.25) is 10.0 Å². The summed E-state index contributed by atoms with van der Waals surface area (Å²) >= 11 is 0. The number of hydrogen-bond donors (Lipinski definition) is 2. The molecule has 0 aliphatic heterocycles. The quantitative estimate of drug-likeness (QED) is 0.198. The molecule has 2 N–H and O–H groups in total. The summed E-state index contributed by atoms with van der Waals surface area (Å²) in [4.78, 5) is 11.8. The van der Waals surface area contributed by atoms with E-state index in [0.29, 0.717) is 24.3 Å². The van der Waals surface area contributed by atoms with Crippen LogP contribution < -0.4 is 10.2 Å². The van der Waals surface area contributed by atoms with Crippen molar-refractivity contribution in [1.29, 1.82) is 0 Å². The molecule has 0 atom stereocenters. The minimum absolute atomic E-state index is 0.00864. The van der Waals surface area contributed by atoms with E-state index in [1.54, 1.807) is 42.9 Å². The van der Waals surface area contributed by atoms with Crippen molar-refractivity contribution in [3.8, 4) is 16.9 Å². The molecule has 1 heterocycles. The number of hydroxylamine groups is 1. The molecule has 0 saturated carbocycles. The molecule has 0 aliphatic rings. The Kier molecular flexibility index (Phi) is 7.82. The fourth-order valence-corrected chi connectivity index (χ4v) is 4.36. The molecule has 0 unspecified atom stereocenters. The number of carbonyl (C=O) groups excluding carboxylic acids is 1. The van der Waals surface area contributed by atoms with Gasteiger partial charge in [-0.1, -0.05) is 30.3 Å². The summed E-state index contributed by atoms with van der Waals surface area (Å²) in [7, 11) is -4.03. The first-order valence-corrected chi connectivity index (χ1v) is 11.3. The summed E-state index contributed by atoms with van der Waals surface area (Å²) < 4.78 is 38.0. The van der Waals surface area contributed by atoms with Crippen molar-refractivity contribution >= 4 is 15.9 Å². The van der Waals surface area contributed by atoms with Crippen LogP contribution in [0.15, 0.2) is 89.1 Å². The Labute approximate surface area is 186 Å². The van der Waals surface area contributed by atoms with E-state index in [4.69, 9.17) is 14.4 Å². The summed E-state index contributed by atoms with van der Waals surface area (Å²) in [6.07, 6.45) is 5.58. The van der Waals surface area contributed by atoms with Crippen LogP contribution in [0.2, 0.25) is 0 Å². The standard InChI is InChI=1S/C23H24N2O6S/c1-2-3-13-31-21-8-10-22(11-9-21)32(28,29)25(16-23(26)24-27)15-18-4-6-19(7-5-18)20-12-14-30-17-20/h2,4-12,14,17,27H,1,3,13,15-16H2,(H,24,26). The first-order chi connectivity index (χ1) is 15.4. The number of carbonyl (C=O) groups is 1. The predicted octanol–water partition coefficient (Wildman–Crippen LogP) is 3.60. The maximum atomic E-state index is 13.2. The van der Waals surface area contributed by atoms with Gasteiger partial charge in [0.2, 0.25) is 10.0 Å². The summed E-state index contributed by atoms with van der Waals surface area (Å²) in [5.74, 6) is -0.312. The number of ether oxygens (including phenoxy) is 1. The van der Waals surface area contributed by atoms with Gasteiger partial charge in [-0.2, -0.15) is 4.31 Å². The SMILES string of the molecule is C=CCCOc1ccc(S(=O)(=O)N(CC(=O)NO)Cc2ccc(-c3ccoc3)cc2)cc1. The van der Waals surface area contributed by atoms with Gasteiger partial charge in [0.1, 0.15) is 5.75 Å². The second-order valence-corrected chi connectivity index (χ2v) is 8.85. The van der Waals surface area contributed by atoms with Gasteiger partial charge in [-0.15, -0.1) is 6.58 Å². The molecular formula is C23H24N2O6S. The fraction of sp³-hybridized carbons (Fsp3) is 0.174. The Balaban J connectivity index is 1.80. The molecule has 0 aliphatic carbocycles. The number of nitrogens with zero attached hydrogens (tertiary/aromatic N) is 1. The van der Waals surface area contributed by atoms with E-state index >= 15 is 0 Å². The molecule has 3 rings (SSSR count). The van der Waals surface area contributed by atoms with Crippen molar-refractivity contribution < 1.29 is 27.6 Å². The first-order valence-electron chi connectivity index (χ1n) is 9.82. The van der Waals surface area contributed by atoms with Crippen molar-refractivity contribution in [3.05, 3.63) is 85.3 Å². The Bertz CT molecular complexity index is 1120. The van der Waals surface area contributed by atoms with E-state index in [2.05, 4.69) is 6.58 Å². The third-order valence-electron chi connectivity index (χ3n) is 4.66. The zero-order valence-electron chi connectivity index (χ0n) is 17.3. The number of amides is 1. The number of benzene rings is 2. The lowest BCUT2D eigenvalue weighted by Crippen LogP contribution is -2.39. The number of furan rings is 1. The lowest BCUT2D eigenvalue weighted by molar-refractivity contribution is -0.129. The Hall–Kier alpha value is -3.40. The van der Waals surface area contributed by atoms with E-state index in [1.165, 1.54) is 17.6 Å². The van der Waals surface area contributed by atoms with Gasteiger partial charge in [0, 0.05) is 12.1 Å². The van der Waals surface area contributed by atoms with Crippen molar-refractivity contribution in [2.45, 2.75) is 17.9 Å². The molecule has 8 nitrogen and oxygen atoms in total. The highest BCUT2D eigenvalue weighted by molar-refractivity contribution is 7.89. The fourth-order valence-electron chi connectivity index (χ4n) is 2.97. The minimum atomic E-state index is -4.03. The number of nitrogens with one attached hydrogen (secondary N) is 1. The number of sulfonamides is 1. The van der Waals surface area contributed by atoms with Crippen molar-refractivity contribution in [1.82, 2.24) is 9.79 Å². The van der Waals surface area contributed by atoms with Gasteiger partial charge in [0.05, 0.1) is 30.6 Å². The summed E-state index contributed by atoms with van der Waals surface area (Å²) in [6, 6.07) is 15.0. The molecular weight excluding hydrogens is 432 g/mol. The summed E-state index contributed by atoms with van der Waals surface area (Å²) in [6.45, 7) is 3.46. The molecule has 1 amide bonds. The predicted molar refractivity (Wildman–Crippen MR) is 118 cm³/mol. The normalized spacial score (nSPS) is 11.3. The third-order valence-corrected chi connectivity index (χ3v) is 6.47. The van der Waals surface area contributed by atoms with Crippen LogP contribution in [-0.4, -0.2) is 37.0 Å². The second-order valence-electron chi connectivity index (χ2n) is 6.91. The maximum absolute atomic E-state index is 13.2. The molecule has 32 heavy (non-hydrogen) atoms. The monoisotopic (exact) mass is 456 g/mol. The van der Waals surface area contributed by atoms with E-state index in [1.807, 2.05) is 18.2 Å². The third kappa shape index (κ3) is 5.85. The highest BCUT2D eigenvalue weighted by Gasteiger charge is 2.27.